The van der Waals surface area contributed by atoms with Crippen molar-refractivity contribution in [3.05, 3.63) is 35.4 Å². The van der Waals surface area contributed by atoms with Crippen LogP contribution in [-0.4, -0.2) is 49.0 Å². The second-order valence-electron chi connectivity index (χ2n) is 6.96. The van der Waals surface area contributed by atoms with E-state index >= 15 is 0 Å². The molecule has 0 fully saturated rings. The van der Waals surface area contributed by atoms with E-state index in [4.69, 9.17) is 15.3 Å². The van der Waals surface area contributed by atoms with Crippen LogP contribution in [0.4, 0.5) is 11.6 Å². The molecule has 0 radical (unpaired) electrons. The van der Waals surface area contributed by atoms with E-state index in [0.717, 1.165) is 11.8 Å². The monoisotopic (exact) mass is 422 g/mol. The molecule has 10 nitrogen and oxygen atoms in total. The molecule has 158 valence electrons. The second-order valence-corrected chi connectivity index (χ2v) is 8.53. The van der Waals surface area contributed by atoms with Gasteiger partial charge in [-0.15, -0.1) is 0 Å². The van der Waals surface area contributed by atoms with Crippen LogP contribution < -0.4 is 20.5 Å². The summed E-state index contributed by atoms with van der Waals surface area (Å²) in [6.07, 6.45) is 1.52. The molecule has 11 heteroatoms. The topological polar surface area (TPSA) is 163 Å². The van der Waals surface area contributed by atoms with Gasteiger partial charge < -0.3 is 25.9 Å². The molecule has 0 unspecified atom stereocenters. The number of sulfonamides is 1. The Morgan fingerprint density at radius 3 is 2.38 bits per heavy atom. The van der Waals surface area contributed by atoms with E-state index in [1.54, 1.807) is 33.0 Å². The summed E-state index contributed by atoms with van der Waals surface area (Å²) in [5.74, 6) is 0.800. The minimum absolute atomic E-state index is 0.0310. The lowest BCUT2D eigenvalue weighted by molar-refractivity contribution is 0.0540. The van der Waals surface area contributed by atoms with Gasteiger partial charge in [0.15, 0.2) is 0 Å². The van der Waals surface area contributed by atoms with Crippen molar-refractivity contribution in [1.82, 2.24) is 9.97 Å². The predicted molar refractivity (Wildman–Crippen MR) is 111 cm³/mol. The maximum atomic E-state index is 11.3. The zero-order valence-corrected chi connectivity index (χ0v) is 17.4. The maximum absolute atomic E-state index is 11.3. The molecule has 0 aliphatic rings. The third-order valence-electron chi connectivity index (χ3n) is 3.96. The molecule has 0 amide bonds. The van der Waals surface area contributed by atoms with Gasteiger partial charge in [0.05, 0.1) is 22.7 Å². The Kier molecular flexibility index (Phi) is 7.11. The molecular weight excluding hydrogens is 396 g/mol. The van der Waals surface area contributed by atoms with E-state index in [1.165, 1.54) is 12.1 Å². The average Bonchev–Trinajstić information content (AvgIpc) is 2.64. The minimum atomic E-state index is -3.74. The Hall–Kier alpha value is -2.76. The lowest BCUT2D eigenvalue weighted by atomic mass is 10.1. The number of primary sulfonamides is 1. The lowest BCUT2D eigenvalue weighted by Crippen LogP contribution is -2.22. The normalized spacial score (nSPS) is 11.8. The molecule has 1 aromatic heterocycles. The highest BCUT2D eigenvalue weighted by Gasteiger charge is 2.16. The van der Waals surface area contributed by atoms with Crippen molar-refractivity contribution in [3.63, 3.8) is 0 Å². The van der Waals surface area contributed by atoms with Gasteiger partial charge in [-0.2, -0.15) is 9.97 Å². The van der Waals surface area contributed by atoms with E-state index in [1.807, 2.05) is 0 Å². The Bertz CT molecular complexity index is 956. The van der Waals surface area contributed by atoms with Gasteiger partial charge in [-0.1, -0.05) is 12.1 Å². The highest BCUT2D eigenvalue weighted by atomic mass is 32.2. The standard InChI is InChI=1S/C18H26N6O4S/c1-18(2,25)8-9-28-17-23-15(21-3)14(10-19)16(24-17)22-11-12-4-6-13(7-5-12)29(20,26)27/h4-7,10,19,25H,8-9,11H2,1-3H3,(H2,20,26,27)(H2,21,22,23,24). The average molecular weight is 423 g/mol. The number of nitrogens with two attached hydrogens (primary N) is 1. The first-order chi connectivity index (χ1) is 13.5. The Labute approximate surface area is 170 Å². The van der Waals surface area contributed by atoms with Crippen LogP contribution in [0, 0.1) is 5.41 Å². The van der Waals surface area contributed by atoms with Crippen LogP contribution in [0.3, 0.4) is 0 Å². The smallest absolute Gasteiger partial charge is 0.320 e. The molecule has 0 aliphatic heterocycles. The van der Waals surface area contributed by atoms with Gasteiger partial charge in [-0.3, -0.25) is 0 Å². The van der Waals surface area contributed by atoms with Crippen LogP contribution in [0.15, 0.2) is 29.2 Å². The zero-order valence-electron chi connectivity index (χ0n) is 16.6. The molecule has 0 saturated heterocycles. The molecule has 29 heavy (non-hydrogen) atoms. The van der Waals surface area contributed by atoms with Crippen molar-refractivity contribution in [2.75, 3.05) is 24.3 Å². The molecule has 0 spiro atoms. The fourth-order valence-electron chi connectivity index (χ4n) is 2.35. The maximum Gasteiger partial charge on any atom is 0.320 e. The van der Waals surface area contributed by atoms with Gasteiger partial charge in [0.1, 0.15) is 11.6 Å². The summed E-state index contributed by atoms with van der Waals surface area (Å²) >= 11 is 0. The Balaban J connectivity index is 2.19. The fraction of sp³-hybridized carbons (Fsp3) is 0.389. The first kappa shape index (κ1) is 22.5. The first-order valence-electron chi connectivity index (χ1n) is 8.84. The van der Waals surface area contributed by atoms with Crippen LogP contribution in [0.2, 0.25) is 0 Å². The summed E-state index contributed by atoms with van der Waals surface area (Å²) in [4.78, 5) is 8.58. The highest BCUT2D eigenvalue weighted by Crippen LogP contribution is 2.23. The van der Waals surface area contributed by atoms with E-state index in [0.29, 0.717) is 30.2 Å². The third kappa shape index (κ3) is 6.66. The molecule has 1 heterocycles. The summed E-state index contributed by atoms with van der Waals surface area (Å²) in [7, 11) is -2.07. The van der Waals surface area contributed by atoms with Gasteiger partial charge in [0.2, 0.25) is 10.0 Å². The summed E-state index contributed by atoms with van der Waals surface area (Å²) in [6.45, 7) is 3.92. The zero-order chi connectivity index (χ0) is 21.7. The van der Waals surface area contributed by atoms with Gasteiger partial charge >= 0.3 is 6.01 Å². The van der Waals surface area contributed by atoms with Crippen molar-refractivity contribution in [1.29, 1.82) is 5.41 Å². The second kappa shape index (κ2) is 9.16. The van der Waals surface area contributed by atoms with Crippen molar-refractivity contribution < 1.29 is 18.3 Å². The molecule has 2 aromatic rings. The number of nitrogens with one attached hydrogen (secondary N) is 3. The number of hydrogen-bond acceptors (Lipinski definition) is 9. The van der Waals surface area contributed by atoms with Gasteiger partial charge in [-0.05, 0) is 31.5 Å². The predicted octanol–water partition coefficient (Wildman–Crippen LogP) is 1.32. The molecule has 0 bridgehead atoms. The summed E-state index contributed by atoms with van der Waals surface area (Å²) in [6, 6.07) is 6.23. The molecule has 0 atom stereocenters. The van der Waals surface area contributed by atoms with Gasteiger partial charge in [0, 0.05) is 26.2 Å². The number of benzene rings is 1. The van der Waals surface area contributed by atoms with Crippen molar-refractivity contribution in [2.45, 2.75) is 37.3 Å². The molecule has 0 aliphatic carbocycles. The van der Waals surface area contributed by atoms with E-state index in [2.05, 4.69) is 20.6 Å². The molecule has 0 saturated carbocycles. The molecule has 2 rings (SSSR count). The first-order valence-corrected chi connectivity index (χ1v) is 10.4. The minimum Gasteiger partial charge on any atom is -0.463 e. The summed E-state index contributed by atoms with van der Waals surface area (Å²) in [5, 5.41) is 28.6. The van der Waals surface area contributed by atoms with Crippen LogP contribution in [0.5, 0.6) is 6.01 Å². The number of nitrogens with zero attached hydrogens (tertiary/aromatic N) is 2. The van der Waals surface area contributed by atoms with E-state index < -0.39 is 15.6 Å². The number of anilines is 2. The SMILES string of the molecule is CNc1nc(OCCC(C)(C)O)nc(NCc2ccc(S(N)(=O)=O)cc2)c1C=N. The Morgan fingerprint density at radius 1 is 1.24 bits per heavy atom. The summed E-state index contributed by atoms with van der Waals surface area (Å²) < 4.78 is 28.2. The van der Waals surface area contributed by atoms with Crippen LogP contribution in [0.25, 0.3) is 0 Å². The lowest BCUT2D eigenvalue weighted by Gasteiger charge is -2.17. The number of aromatic nitrogens is 2. The van der Waals surface area contributed by atoms with Crippen molar-refractivity contribution in [3.8, 4) is 6.01 Å². The van der Waals surface area contributed by atoms with E-state index in [9.17, 15) is 13.5 Å². The number of ether oxygens (including phenoxy) is 1. The largest absolute Gasteiger partial charge is 0.463 e. The van der Waals surface area contributed by atoms with Gasteiger partial charge in [0.25, 0.3) is 0 Å². The molecule has 6 N–H and O–H groups in total. The van der Waals surface area contributed by atoms with Crippen molar-refractivity contribution in [2.24, 2.45) is 5.14 Å². The van der Waals surface area contributed by atoms with E-state index in [-0.39, 0.29) is 17.5 Å². The number of hydrogen-bond donors (Lipinski definition) is 5. The van der Waals surface area contributed by atoms with Gasteiger partial charge in [-0.25, -0.2) is 13.6 Å². The number of rotatable bonds is 10. The third-order valence-corrected chi connectivity index (χ3v) is 4.89. The molecular formula is C18H26N6O4S. The highest BCUT2D eigenvalue weighted by molar-refractivity contribution is 7.89. The Morgan fingerprint density at radius 2 is 1.86 bits per heavy atom. The summed E-state index contributed by atoms with van der Waals surface area (Å²) in [5.41, 5.74) is 0.372. The molecule has 1 aromatic carbocycles. The van der Waals surface area contributed by atoms with Crippen LogP contribution in [-0.2, 0) is 16.6 Å². The van der Waals surface area contributed by atoms with Crippen LogP contribution in [0.1, 0.15) is 31.4 Å². The quantitative estimate of drug-likeness (QED) is 0.358. The number of aliphatic hydroxyl groups is 1. The van der Waals surface area contributed by atoms with Crippen LogP contribution >= 0.6 is 0 Å². The van der Waals surface area contributed by atoms with Crippen molar-refractivity contribution >= 4 is 27.9 Å². The fourth-order valence-corrected chi connectivity index (χ4v) is 2.87.